The standard InChI is InChI=1S/C20H28N4O/c1-6-15-12-18(23-19(22-15)14-8-10-21-11-9-14)24(5)16-13-17(25-7-2)20(16,3)4/h8-12,16-17H,6-7,13H2,1-5H3. The van der Waals surface area contributed by atoms with Gasteiger partial charge in [-0.3, -0.25) is 4.98 Å². The van der Waals surface area contributed by atoms with Crippen molar-refractivity contribution in [3.05, 3.63) is 36.3 Å². The summed E-state index contributed by atoms with van der Waals surface area (Å²) in [6, 6.07) is 6.43. The third-order valence-electron chi connectivity index (χ3n) is 5.39. The van der Waals surface area contributed by atoms with Crippen LogP contribution in [0.2, 0.25) is 0 Å². The van der Waals surface area contributed by atoms with E-state index in [4.69, 9.17) is 14.7 Å². The molecule has 0 N–H and O–H groups in total. The molecule has 0 aromatic carbocycles. The van der Waals surface area contributed by atoms with Crippen molar-refractivity contribution >= 4 is 5.82 Å². The van der Waals surface area contributed by atoms with Gasteiger partial charge in [0.15, 0.2) is 5.82 Å². The van der Waals surface area contributed by atoms with Crippen LogP contribution in [0.3, 0.4) is 0 Å². The largest absolute Gasteiger partial charge is 0.378 e. The van der Waals surface area contributed by atoms with Crippen molar-refractivity contribution in [3.8, 4) is 11.4 Å². The van der Waals surface area contributed by atoms with Gasteiger partial charge < -0.3 is 9.64 Å². The van der Waals surface area contributed by atoms with E-state index in [-0.39, 0.29) is 5.41 Å². The fraction of sp³-hybridized carbons (Fsp3) is 0.550. The minimum atomic E-state index is 0.110. The summed E-state index contributed by atoms with van der Waals surface area (Å²) in [6.45, 7) is 9.52. The van der Waals surface area contributed by atoms with E-state index in [1.54, 1.807) is 12.4 Å². The monoisotopic (exact) mass is 340 g/mol. The number of hydrogen-bond acceptors (Lipinski definition) is 5. The van der Waals surface area contributed by atoms with Crippen LogP contribution in [0.4, 0.5) is 5.82 Å². The first-order valence-corrected chi connectivity index (χ1v) is 9.10. The van der Waals surface area contributed by atoms with E-state index in [0.717, 1.165) is 42.3 Å². The van der Waals surface area contributed by atoms with E-state index in [9.17, 15) is 0 Å². The summed E-state index contributed by atoms with van der Waals surface area (Å²) in [5.41, 5.74) is 2.17. The van der Waals surface area contributed by atoms with E-state index in [2.05, 4.69) is 50.7 Å². The molecule has 0 saturated heterocycles. The number of pyridine rings is 1. The maximum atomic E-state index is 5.88. The van der Waals surface area contributed by atoms with Crippen LogP contribution in [0.1, 0.15) is 39.8 Å². The smallest absolute Gasteiger partial charge is 0.161 e. The lowest BCUT2D eigenvalue weighted by Gasteiger charge is -2.55. The van der Waals surface area contributed by atoms with Crippen LogP contribution < -0.4 is 4.90 Å². The van der Waals surface area contributed by atoms with Crippen molar-refractivity contribution in [3.63, 3.8) is 0 Å². The van der Waals surface area contributed by atoms with Crippen LogP contribution in [0.5, 0.6) is 0 Å². The highest BCUT2D eigenvalue weighted by molar-refractivity contribution is 5.57. The molecule has 0 aliphatic heterocycles. The Bertz CT molecular complexity index is 717. The average molecular weight is 340 g/mol. The van der Waals surface area contributed by atoms with E-state index in [1.807, 2.05) is 12.1 Å². The van der Waals surface area contributed by atoms with Gasteiger partial charge in [0.1, 0.15) is 5.82 Å². The molecule has 0 amide bonds. The molecular formula is C20H28N4O. The van der Waals surface area contributed by atoms with Crippen molar-refractivity contribution < 1.29 is 4.74 Å². The SMILES string of the molecule is CCOC1CC(N(C)c2cc(CC)nc(-c3ccncc3)n2)C1(C)C. The van der Waals surface area contributed by atoms with Gasteiger partial charge in [-0.25, -0.2) is 9.97 Å². The zero-order valence-corrected chi connectivity index (χ0v) is 15.9. The Labute approximate surface area is 150 Å². The third kappa shape index (κ3) is 3.38. The van der Waals surface area contributed by atoms with E-state index in [1.165, 1.54) is 0 Å². The van der Waals surface area contributed by atoms with Gasteiger partial charge in [-0.05, 0) is 31.9 Å². The first-order valence-electron chi connectivity index (χ1n) is 9.10. The van der Waals surface area contributed by atoms with E-state index < -0.39 is 0 Å². The molecule has 2 unspecified atom stereocenters. The summed E-state index contributed by atoms with van der Waals surface area (Å²) in [5.74, 6) is 1.74. The molecule has 2 heterocycles. The summed E-state index contributed by atoms with van der Waals surface area (Å²) in [6.07, 6.45) is 5.80. The lowest BCUT2D eigenvalue weighted by molar-refractivity contribution is -0.104. The van der Waals surface area contributed by atoms with Gasteiger partial charge in [0.25, 0.3) is 0 Å². The molecule has 25 heavy (non-hydrogen) atoms. The fourth-order valence-electron chi connectivity index (χ4n) is 3.64. The molecule has 5 heteroatoms. The zero-order chi connectivity index (χ0) is 18.0. The molecule has 2 aromatic heterocycles. The number of anilines is 1. The minimum absolute atomic E-state index is 0.110. The Morgan fingerprint density at radius 3 is 2.52 bits per heavy atom. The van der Waals surface area contributed by atoms with Crippen LogP contribution in [0.25, 0.3) is 11.4 Å². The van der Waals surface area contributed by atoms with Crippen molar-refractivity contribution in [1.82, 2.24) is 15.0 Å². The second-order valence-corrected chi connectivity index (χ2v) is 7.26. The molecule has 1 aliphatic rings. The Kier molecular flexibility index (Phi) is 5.04. The highest BCUT2D eigenvalue weighted by Gasteiger charge is 2.51. The summed E-state index contributed by atoms with van der Waals surface area (Å²) in [7, 11) is 2.13. The molecule has 2 aromatic rings. The summed E-state index contributed by atoms with van der Waals surface area (Å²) >= 11 is 0. The Hall–Kier alpha value is -2.01. The molecule has 0 radical (unpaired) electrons. The van der Waals surface area contributed by atoms with Crippen LogP contribution in [-0.2, 0) is 11.2 Å². The van der Waals surface area contributed by atoms with Gasteiger partial charge in [0, 0.05) is 54.8 Å². The predicted molar refractivity (Wildman–Crippen MR) is 101 cm³/mol. The molecule has 1 saturated carbocycles. The number of nitrogens with zero attached hydrogens (tertiary/aromatic N) is 4. The highest BCUT2D eigenvalue weighted by Crippen LogP contribution is 2.46. The van der Waals surface area contributed by atoms with Crippen LogP contribution >= 0.6 is 0 Å². The van der Waals surface area contributed by atoms with Gasteiger partial charge in [0.2, 0.25) is 0 Å². The van der Waals surface area contributed by atoms with Crippen molar-refractivity contribution in [2.75, 3.05) is 18.6 Å². The summed E-state index contributed by atoms with van der Waals surface area (Å²) < 4.78 is 5.88. The van der Waals surface area contributed by atoms with Crippen LogP contribution in [0.15, 0.2) is 30.6 Å². The predicted octanol–water partition coefficient (Wildman–Crippen LogP) is 3.74. The summed E-state index contributed by atoms with van der Waals surface area (Å²) in [5, 5.41) is 0. The highest BCUT2D eigenvalue weighted by atomic mass is 16.5. The normalized spacial score (nSPS) is 21.6. The number of aromatic nitrogens is 3. The number of aryl methyl sites for hydroxylation is 1. The van der Waals surface area contributed by atoms with E-state index in [0.29, 0.717) is 12.1 Å². The topological polar surface area (TPSA) is 51.1 Å². The first-order chi connectivity index (χ1) is 12.0. The van der Waals surface area contributed by atoms with E-state index >= 15 is 0 Å². The maximum Gasteiger partial charge on any atom is 0.161 e. The fourth-order valence-corrected chi connectivity index (χ4v) is 3.64. The molecule has 1 fully saturated rings. The van der Waals surface area contributed by atoms with Gasteiger partial charge in [-0.15, -0.1) is 0 Å². The average Bonchev–Trinajstić information content (AvgIpc) is 2.64. The Balaban J connectivity index is 1.89. The van der Waals surface area contributed by atoms with Gasteiger partial charge in [-0.2, -0.15) is 0 Å². The second-order valence-electron chi connectivity index (χ2n) is 7.26. The molecule has 1 aliphatic carbocycles. The van der Waals surface area contributed by atoms with Crippen molar-refractivity contribution in [2.45, 2.75) is 52.7 Å². The minimum Gasteiger partial charge on any atom is -0.378 e. The number of ether oxygens (including phenoxy) is 1. The zero-order valence-electron chi connectivity index (χ0n) is 15.9. The quantitative estimate of drug-likeness (QED) is 0.802. The van der Waals surface area contributed by atoms with Crippen molar-refractivity contribution in [1.29, 1.82) is 0 Å². The molecular weight excluding hydrogens is 312 g/mol. The van der Waals surface area contributed by atoms with Crippen LogP contribution in [-0.4, -0.2) is 40.8 Å². The molecule has 0 bridgehead atoms. The number of hydrogen-bond donors (Lipinski definition) is 0. The molecule has 2 atom stereocenters. The second kappa shape index (κ2) is 7.08. The Morgan fingerprint density at radius 1 is 1.20 bits per heavy atom. The number of rotatable bonds is 6. The van der Waals surface area contributed by atoms with Crippen molar-refractivity contribution in [2.24, 2.45) is 5.41 Å². The van der Waals surface area contributed by atoms with Crippen LogP contribution in [0, 0.1) is 5.41 Å². The molecule has 5 nitrogen and oxygen atoms in total. The summed E-state index contributed by atoms with van der Waals surface area (Å²) in [4.78, 5) is 15.9. The molecule has 3 rings (SSSR count). The molecule has 0 spiro atoms. The third-order valence-corrected chi connectivity index (χ3v) is 5.39. The van der Waals surface area contributed by atoms with Gasteiger partial charge in [0.05, 0.1) is 6.10 Å². The lowest BCUT2D eigenvalue weighted by atomic mass is 9.64. The van der Waals surface area contributed by atoms with Gasteiger partial charge in [-0.1, -0.05) is 20.8 Å². The maximum absolute atomic E-state index is 5.88. The molecule has 134 valence electrons. The van der Waals surface area contributed by atoms with Gasteiger partial charge >= 0.3 is 0 Å². The first kappa shape index (κ1) is 17.8. The lowest BCUT2D eigenvalue weighted by Crippen LogP contribution is -2.61. The Morgan fingerprint density at radius 2 is 1.92 bits per heavy atom.